The molecule has 0 saturated heterocycles. The van der Waals surface area contributed by atoms with E-state index in [4.69, 9.17) is 0 Å². The zero-order valence-electron chi connectivity index (χ0n) is 12.0. The number of amides is 1. The van der Waals surface area contributed by atoms with Crippen LogP contribution in [0.5, 0.6) is 0 Å². The third-order valence-electron chi connectivity index (χ3n) is 4.34. The van der Waals surface area contributed by atoms with Crippen molar-refractivity contribution < 1.29 is 14.7 Å². The van der Waals surface area contributed by atoms with E-state index in [2.05, 4.69) is 11.4 Å². The molecule has 1 aliphatic carbocycles. The second kappa shape index (κ2) is 5.37. The highest BCUT2D eigenvalue weighted by atomic mass is 32.2. The van der Waals surface area contributed by atoms with Crippen molar-refractivity contribution in [1.29, 1.82) is 0 Å². The highest BCUT2D eigenvalue weighted by Gasteiger charge is 2.45. The van der Waals surface area contributed by atoms with E-state index in [1.807, 2.05) is 18.2 Å². The third-order valence-corrected chi connectivity index (χ3v) is 5.59. The van der Waals surface area contributed by atoms with E-state index in [0.717, 1.165) is 18.6 Å². The van der Waals surface area contributed by atoms with Crippen LogP contribution in [0.3, 0.4) is 0 Å². The number of hydrogen-bond donors (Lipinski definition) is 2. The minimum Gasteiger partial charge on any atom is -0.480 e. The fourth-order valence-corrected chi connectivity index (χ4v) is 3.99. The van der Waals surface area contributed by atoms with Crippen molar-refractivity contribution in [3.05, 3.63) is 29.8 Å². The topological polar surface area (TPSA) is 66.4 Å². The monoisotopic (exact) mass is 305 g/mol. The molecule has 1 saturated carbocycles. The van der Waals surface area contributed by atoms with Gasteiger partial charge in [-0.3, -0.25) is 9.59 Å². The number of hydrogen-bond acceptors (Lipinski definition) is 3. The van der Waals surface area contributed by atoms with Gasteiger partial charge in [0.2, 0.25) is 5.91 Å². The van der Waals surface area contributed by atoms with E-state index < -0.39 is 11.4 Å². The fraction of sp³-hybridized carbons (Fsp3) is 0.500. The molecular formula is C16H19NO3S. The summed E-state index contributed by atoms with van der Waals surface area (Å²) in [7, 11) is 0. The van der Waals surface area contributed by atoms with Crippen LogP contribution in [0.15, 0.2) is 29.2 Å². The predicted octanol–water partition coefficient (Wildman–Crippen LogP) is 2.64. The van der Waals surface area contributed by atoms with Gasteiger partial charge in [-0.1, -0.05) is 18.2 Å². The van der Waals surface area contributed by atoms with Gasteiger partial charge < -0.3 is 10.4 Å². The van der Waals surface area contributed by atoms with Crippen molar-refractivity contribution >= 4 is 23.6 Å². The van der Waals surface area contributed by atoms with Crippen molar-refractivity contribution in [3.63, 3.8) is 0 Å². The highest BCUT2D eigenvalue weighted by Crippen LogP contribution is 2.45. The van der Waals surface area contributed by atoms with E-state index in [0.29, 0.717) is 6.42 Å². The van der Waals surface area contributed by atoms with Crippen molar-refractivity contribution in [3.8, 4) is 0 Å². The second-order valence-electron chi connectivity index (χ2n) is 6.13. The molecule has 1 aromatic carbocycles. The van der Waals surface area contributed by atoms with E-state index in [1.54, 1.807) is 18.7 Å². The standard InChI is InChI=1S/C16H19NO3S/c1-16(15(19)20,14(18)17-11-6-7-11)8-10-9-21-13-5-3-2-4-12(10)13/h2-5,10-11H,6-9H2,1H3,(H,17,18)(H,19,20). The fourth-order valence-electron chi connectivity index (χ4n) is 2.74. The van der Waals surface area contributed by atoms with Gasteiger partial charge in [0, 0.05) is 16.7 Å². The molecule has 2 aliphatic rings. The molecule has 5 heteroatoms. The molecular weight excluding hydrogens is 286 g/mol. The largest absolute Gasteiger partial charge is 0.480 e. The van der Waals surface area contributed by atoms with Crippen LogP contribution in [0.25, 0.3) is 0 Å². The van der Waals surface area contributed by atoms with Crippen molar-refractivity contribution in [2.24, 2.45) is 5.41 Å². The normalized spacial score (nSPS) is 23.2. The summed E-state index contributed by atoms with van der Waals surface area (Å²) in [6, 6.07) is 8.25. The predicted molar refractivity (Wildman–Crippen MR) is 81.4 cm³/mol. The van der Waals surface area contributed by atoms with Gasteiger partial charge in [-0.2, -0.15) is 0 Å². The van der Waals surface area contributed by atoms with Crippen LogP contribution in [0, 0.1) is 5.41 Å². The van der Waals surface area contributed by atoms with Crippen LogP contribution in [0.4, 0.5) is 0 Å². The third kappa shape index (κ3) is 2.79. The Labute approximate surface area is 128 Å². The minimum atomic E-state index is -1.36. The molecule has 0 spiro atoms. The number of carboxylic acid groups (broad SMARTS) is 1. The van der Waals surface area contributed by atoms with Gasteiger partial charge in [0.25, 0.3) is 0 Å². The summed E-state index contributed by atoms with van der Waals surface area (Å²) in [5.41, 5.74) is -0.181. The summed E-state index contributed by atoms with van der Waals surface area (Å²) < 4.78 is 0. The molecule has 4 nitrogen and oxygen atoms in total. The first-order valence-electron chi connectivity index (χ1n) is 7.27. The van der Waals surface area contributed by atoms with Crippen molar-refractivity contribution in [1.82, 2.24) is 5.32 Å². The highest BCUT2D eigenvalue weighted by molar-refractivity contribution is 7.99. The molecule has 1 heterocycles. The maximum absolute atomic E-state index is 12.4. The Hall–Kier alpha value is -1.49. The number of fused-ring (bicyclic) bond motifs is 1. The summed E-state index contributed by atoms with van der Waals surface area (Å²) in [5, 5.41) is 12.4. The summed E-state index contributed by atoms with van der Waals surface area (Å²) in [4.78, 5) is 25.3. The summed E-state index contributed by atoms with van der Waals surface area (Å²) in [5.74, 6) is -0.405. The van der Waals surface area contributed by atoms with Crippen LogP contribution < -0.4 is 5.32 Å². The number of aliphatic carboxylic acids is 1. The molecule has 2 atom stereocenters. The number of carboxylic acids is 1. The molecule has 2 N–H and O–H groups in total. The smallest absolute Gasteiger partial charge is 0.318 e. The molecule has 112 valence electrons. The van der Waals surface area contributed by atoms with Crippen molar-refractivity contribution in [2.45, 2.75) is 43.0 Å². The number of nitrogens with one attached hydrogen (secondary N) is 1. The lowest BCUT2D eigenvalue weighted by molar-refractivity contribution is -0.155. The molecule has 0 radical (unpaired) electrons. The number of carbonyl (C=O) groups is 2. The molecule has 1 aliphatic heterocycles. The second-order valence-corrected chi connectivity index (χ2v) is 7.20. The molecule has 21 heavy (non-hydrogen) atoms. The summed E-state index contributed by atoms with van der Waals surface area (Å²) in [6.45, 7) is 1.55. The van der Waals surface area contributed by atoms with Gasteiger partial charge in [0.05, 0.1) is 0 Å². The van der Waals surface area contributed by atoms with Crippen LogP contribution in [-0.2, 0) is 9.59 Å². The Morgan fingerprint density at radius 3 is 2.76 bits per heavy atom. The average Bonchev–Trinajstić information content (AvgIpc) is 3.19. The molecule has 0 aromatic heterocycles. The van der Waals surface area contributed by atoms with Gasteiger partial charge in [0.15, 0.2) is 0 Å². The SMILES string of the molecule is CC(CC1CSc2ccccc21)(C(=O)O)C(=O)NC1CC1. The van der Waals surface area contributed by atoms with Crippen LogP contribution in [0.1, 0.15) is 37.7 Å². The number of thioether (sulfide) groups is 1. The van der Waals surface area contributed by atoms with E-state index >= 15 is 0 Å². The van der Waals surface area contributed by atoms with Crippen LogP contribution >= 0.6 is 11.8 Å². The molecule has 1 amide bonds. The molecule has 3 rings (SSSR count). The lowest BCUT2D eigenvalue weighted by atomic mass is 9.78. The van der Waals surface area contributed by atoms with E-state index in [1.165, 1.54) is 10.5 Å². The van der Waals surface area contributed by atoms with E-state index in [9.17, 15) is 14.7 Å². The zero-order valence-corrected chi connectivity index (χ0v) is 12.8. The van der Waals surface area contributed by atoms with Gasteiger partial charge in [-0.25, -0.2) is 0 Å². The average molecular weight is 305 g/mol. The number of carbonyl (C=O) groups excluding carboxylic acids is 1. The Balaban J connectivity index is 1.79. The minimum absolute atomic E-state index is 0.122. The van der Waals surface area contributed by atoms with E-state index in [-0.39, 0.29) is 17.9 Å². The Morgan fingerprint density at radius 2 is 2.10 bits per heavy atom. The molecule has 1 aromatic rings. The Kier molecular flexibility index (Phi) is 3.69. The first kappa shape index (κ1) is 14.4. The first-order valence-corrected chi connectivity index (χ1v) is 8.25. The number of rotatable bonds is 5. The summed E-state index contributed by atoms with van der Waals surface area (Å²) >= 11 is 1.74. The first-order chi connectivity index (χ1) is 10.0. The Bertz CT molecular complexity index is 585. The molecule has 2 unspecified atom stereocenters. The molecule has 1 fully saturated rings. The summed E-state index contributed by atoms with van der Waals surface area (Å²) in [6.07, 6.45) is 2.28. The lowest BCUT2D eigenvalue weighted by Crippen LogP contribution is -2.46. The quantitative estimate of drug-likeness (QED) is 0.821. The van der Waals surface area contributed by atoms with Crippen molar-refractivity contribution in [2.75, 3.05) is 5.75 Å². The van der Waals surface area contributed by atoms with Gasteiger partial charge in [-0.05, 0) is 43.7 Å². The van der Waals surface area contributed by atoms with Gasteiger partial charge >= 0.3 is 5.97 Å². The van der Waals surface area contributed by atoms with Gasteiger partial charge in [-0.15, -0.1) is 11.8 Å². The lowest BCUT2D eigenvalue weighted by Gasteiger charge is -2.27. The zero-order chi connectivity index (χ0) is 15.0. The van der Waals surface area contributed by atoms with Gasteiger partial charge in [0.1, 0.15) is 5.41 Å². The maximum atomic E-state index is 12.4. The molecule has 0 bridgehead atoms. The Morgan fingerprint density at radius 1 is 1.38 bits per heavy atom. The number of benzene rings is 1. The maximum Gasteiger partial charge on any atom is 0.318 e. The van der Waals surface area contributed by atoms with Crippen LogP contribution in [0.2, 0.25) is 0 Å². The van der Waals surface area contributed by atoms with Crippen LogP contribution in [-0.4, -0.2) is 28.8 Å².